The van der Waals surface area contributed by atoms with Gasteiger partial charge in [0, 0.05) is 50.5 Å². The summed E-state index contributed by atoms with van der Waals surface area (Å²) in [6.07, 6.45) is 1.42. The fraction of sp³-hybridized carbons (Fsp3) is 0.417. The predicted molar refractivity (Wildman–Crippen MR) is 121 cm³/mol. The molecule has 0 aliphatic carbocycles. The van der Waals surface area contributed by atoms with E-state index in [4.69, 9.17) is 5.11 Å². The van der Waals surface area contributed by atoms with Gasteiger partial charge in [0.1, 0.15) is 12.6 Å². The minimum Gasteiger partial charge on any atom is -0.396 e. The van der Waals surface area contributed by atoms with Gasteiger partial charge >= 0.3 is 11.8 Å². The molecule has 0 radical (unpaired) electrons. The van der Waals surface area contributed by atoms with Crippen molar-refractivity contribution >= 4 is 17.5 Å². The Morgan fingerprint density at radius 2 is 1.71 bits per heavy atom. The fourth-order valence-corrected chi connectivity index (χ4v) is 4.04. The van der Waals surface area contributed by atoms with Gasteiger partial charge in [0.25, 0.3) is 0 Å². The van der Waals surface area contributed by atoms with E-state index in [1.165, 1.54) is 16.0 Å². The summed E-state index contributed by atoms with van der Waals surface area (Å²) in [7, 11) is 4.02. The summed E-state index contributed by atoms with van der Waals surface area (Å²) in [6, 6.07) is 16.9. The van der Waals surface area contributed by atoms with Crippen molar-refractivity contribution in [2.45, 2.75) is 25.4 Å². The Morgan fingerprint density at radius 3 is 2.39 bits per heavy atom. The van der Waals surface area contributed by atoms with Crippen molar-refractivity contribution in [1.29, 1.82) is 0 Å². The van der Waals surface area contributed by atoms with Crippen LogP contribution in [0.2, 0.25) is 0 Å². The maximum atomic E-state index is 12.3. The minimum atomic E-state index is -0.658. The second kappa shape index (κ2) is 10.9. The average molecular weight is 426 g/mol. The zero-order valence-electron chi connectivity index (χ0n) is 18.4. The molecule has 0 spiro atoms. The number of aliphatic hydroxyl groups excluding tert-OH is 1. The maximum absolute atomic E-state index is 12.3. The van der Waals surface area contributed by atoms with E-state index in [2.05, 4.69) is 64.1 Å². The number of nitrogens with zero attached hydrogens (tertiary/aromatic N) is 1. The smallest absolute Gasteiger partial charge is 0.309 e. The lowest BCUT2D eigenvalue weighted by Crippen LogP contribution is -3.12. The van der Waals surface area contributed by atoms with Crippen LogP contribution in [0, 0.1) is 0 Å². The molecule has 31 heavy (non-hydrogen) atoms. The van der Waals surface area contributed by atoms with Crippen LogP contribution in [0.15, 0.2) is 48.5 Å². The number of fused-ring (bicyclic) bond motifs is 1. The number of aliphatic hydroxyl groups is 1. The first-order chi connectivity index (χ1) is 15.0. The summed E-state index contributed by atoms with van der Waals surface area (Å²) in [5.74, 6) is -1.29. The maximum Gasteiger partial charge on any atom is 0.309 e. The molecule has 0 aromatic heterocycles. The van der Waals surface area contributed by atoms with E-state index in [0.717, 1.165) is 30.8 Å². The van der Waals surface area contributed by atoms with E-state index in [-0.39, 0.29) is 19.2 Å². The molecule has 166 valence electrons. The first-order valence-electron chi connectivity index (χ1n) is 10.8. The quantitative estimate of drug-likeness (QED) is 0.356. The molecule has 2 atom stereocenters. The van der Waals surface area contributed by atoms with Gasteiger partial charge in [0.2, 0.25) is 0 Å². The van der Waals surface area contributed by atoms with E-state index in [1.807, 2.05) is 14.1 Å². The van der Waals surface area contributed by atoms with Crippen LogP contribution in [0.1, 0.15) is 29.2 Å². The van der Waals surface area contributed by atoms with Crippen LogP contribution in [0.5, 0.6) is 0 Å². The van der Waals surface area contributed by atoms with Gasteiger partial charge in [-0.15, -0.1) is 0 Å². The first kappa shape index (κ1) is 22.8. The van der Waals surface area contributed by atoms with Gasteiger partial charge in [0.05, 0.1) is 13.1 Å². The van der Waals surface area contributed by atoms with Gasteiger partial charge in [0.15, 0.2) is 0 Å². The summed E-state index contributed by atoms with van der Waals surface area (Å²) >= 11 is 0. The summed E-state index contributed by atoms with van der Waals surface area (Å²) in [6.45, 7) is 2.49. The van der Waals surface area contributed by atoms with Crippen molar-refractivity contribution < 1.29 is 19.6 Å². The van der Waals surface area contributed by atoms with Crippen LogP contribution in [0.3, 0.4) is 0 Å². The van der Waals surface area contributed by atoms with Crippen LogP contribution in [-0.4, -0.2) is 57.3 Å². The third-order valence-corrected chi connectivity index (χ3v) is 5.85. The Kier molecular flexibility index (Phi) is 8.03. The number of nitrogens with one attached hydrogen (secondary N) is 3. The molecule has 0 bridgehead atoms. The van der Waals surface area contributed by atoms with Gasteiger partial charge in [-0.2, -0.15) is 0 Å². The lowest BCUT2D eigenvalue weighted by molar-refractivity contribution is -0.945. The molecule has 0 saturated heterocycles. The molecule has 0 saturated carbocycles. The molecule has 1 heterocycles. The molecule has 3 rings (SSSR count). The van der Waals surface area contributed by atoms with E-state index in [9.17, 15) is 9.59 Å². The standard InChI is InChI=1S/C24H32N4O3/c1-27(2)21-10-8-19(9-11-21)22(16-26-24(31)23(30)25-13-5-15-29)28-14-12-18-6-3-4-7-20(18)17-28/h3-4,6-11,22,29H,5,12-17H2,1-2H3,(H,25,30)(H,26,31)/p+1/t22-/m0/s1. The largest absolute Gasteiger partial charge is 0.396 e. The van der Waals surface area contributed by atoms with Crippen molar-refractivity contribution in [3.05, 3.63) is 65.2 Å². The molecular formula is C24H33N4O3+. The molecule has 2 amide bonds. The third-order valence-electron chi connectivity index (χ3n) is 5.85. The summed E-state index contributed by atoms with van der Waals surface area (Å²) in [4.78, 5) is 27.7. The van der Waals surface area contributed by atoms with Crippen molar-refractivity contribution in [1.82, 2.24) is 10.6 Å². The normalized spacial score (nSPS) is 16.2. The number of hydrogen-bond acceptors (Lipinski definition) is 4. The number of benzene rings is 2. The highest BCUT2D eigenvalue weighted by Gasteiger charge is 2.29. The number of anilines is 1. The number of hydrogen-bond donors (Lipinski definition) is 4. The molecule has 1 unspecified atom stereocenters. The number of carbonyl (C=O) groups is 2. The van der Waals surface area contributed by atoms with Crippen molar-refractivity contribution in [2.75, 3.05) is 45.2 Å². The zero-order chi connectivity index (χ0) is 22.2. The number of amides is 2. The van der Waals surface area contributed by atoms with Crippen molar-refractivity contribution in [2.24, 2.45) is 0 Å². The molecule has 2 aromatic carbocycles. The lowest BCUT2D eigenvalue weighted by Gasteiger charge is -2.33. The van der Waals surface area contributed by atoms with Gasteiger partial charge < -0.3 is 25.5 Å². The molecule has 4 N–H and O–H groups in total. The lowest BCUT2D eigenvalue weighted by atomic mass is 9.96. The number of rotatable bonds is 8. The van der Waals surface area contributed by atoms with Crippen molar-refractivity contribution in [3.8, 4) is 0 Å². The Balaban J connectivity index is 1.73. The Labute approximate surface area is 184 Å². The molecule has 1 aliphatic rings. The molecule has 0 fully saturated rings. The van der Waals surface area contributed by atoms with Crippen molar-refractivity contribution in [3.63, 3.8) is 0 Å². The van der Waals surface area contributed by atoms with E-state index >= 15 is 0 Å². The average Bonchev–Trinajstić information content (AvgIpc) is 2.79. The van der Waals surface area contributed by atoms with Gasteiger partial charge in [-0.05, 0) is 24.1 Å². The van der Waals surface area contributed by atoms with Crippen LogP contribution >= 0.6 is 0 Å². The molecule has 2 aromatic rings. The summed E-state index contributed by atoms with van der Waals surface area (Å²) in [5.41, 5.74) is 4.99. The number of quaternary nitrogens is 1. The first-order valence-corrected chi connectivity index (χ1v) is 10.8. The molecule has 1 aliphatic heterocycles. The topological polar surface area (TPSA) is 86.1 Å². The van der Waals surface area contributed by atoms with Crippen LogP contribution < -0.4 is 20.4 Å². The molecule has 7 heteroatoms. The summed E-state index contributed by atoms with van der Waals surface area (Å²) < 4.78 is 0. The highest BCUT2D eigenvalue weighted by Crippen LogP contribution is 2.18. The van der Waals surface area contributed by atoms with Crippen LogP contribution in [-0.2, 0) is 22.6 Å². The van der Waals surface area contributed by atoms with Gasteiger partial charge in [-0.1, -0.05) is 36.4 Å². The SMILES string of the molecule is CN(C)c1ccc([C@H](CNC(=O)C(=O)NCCCO)[NH+]2CCc3ccccc3C2)cc1. The van der Waals surface area contributed by atoms with E-state index in [0.29, 0.717) is 13.0 Å². The number of carbonyl (C=O) groups excluding carboxylic acids is 2. The molecule has 7 nitrogen and oxygen atoms in total. The second-order valence-electron chi connectivity index (χ2n) is 8.19. The minimum absolute atomic E-state index is 0.0211. The Morgan fingerprint density at radius 1 is 1.03 bits per heavy atom. The fourth-order valence-electron chi connectivity index (χ4n) is 4.04. The predicted octanol–water partition coefficient (Wildman–Crippen LogP) is 0.0497. The van der Waals surface area contributed by atoms with Crippen LogP contribution in [0.4, 0.5) is 5.69 Å². The highest BCUT2D eigenvalue weighted by atomic mass is 16.3. The monoisotopic (exact) mass is 425 g/mol. The Hall–Kier alpha value is -2.90. The highest BCUT2D eigenvalue weighted by molar-refractivity contribution is 6.35. The summed E-state index contributed by atoms with van der Waals surface area (Å²) in [5, 5.41) is 14.2. The van der Waals surface area contributed by atoms with E-state index in [1.54, 1.807) is 0 Å². The van der Waals surface area contributed by atoms with Gasteiger partial charge in [-0.3, -0.25) is 9.59 Å². The van der Waals surface area contributed by atoms with Crippen LogP contribution in [0.25, 0.3) is 0 Å². The third kappa shape index (κ3) is 6.06. The molecular weight excluding hydrogens is 392 g/mol. The van der Waals surface area contributed by atoms with E-state index < -0.39 is 11.8 Å². The Bertz CT molecular complexity index is 883. The second-order valence-corrected chi connectivity index (χ2v) is 8.19. The van der Waals surface area contributed by atoms with Gasteiger partial charge in [-0.25, -0.2) is 0 Å². The zero-order valence-corrected chi connectivity index (χ0v) is 18.4.